The number of aryl methyl sites for hydroxylation is 1. The van der Waals surface area contributed by atoms with Gasteiger partial charge in [0.1, 0.15) is 0 Å². The van der Waals surface area contributed by atoms with E-state index in [1.807, 2.05) is 35.0 Å². The molecule has 1 N–H and O–H groups in total. The number of nitriles is 1. The lowest BCUT2D eigenvalue weighted by Gasteiger charge is -2.08. The van der Waals surface area contributed by atoms with E-state index in [9.17, 15) is 9.59 Å². The summed E-state index contributed by atoms with van der Waals surface area (Å²) in [7, 11) is 1.41. The van der Waals surface area contributed by atoms with Gasteiger partial charge in [0.05, 0.1) is 6.07 Å². The SMILES string of the molecule is CNC(=O)[C@@H](C#N)C(=O)CCCn1ccc2cc(Cl)ccc21. The van der Waals surface area contributed by atoms with Gasteiger partial charge in [-0.2, -0.15) is 5.26 Å². The molecule has 1 atom stereocenters. The van der Waals surface area contributed by atoms with E-state index in [4.69, 9.17) is 16.9 Å². The highest BCUT2D eigenvalue weighted by Crippen LogP contribution is 2.21. The predicted octanol–water partition coefficient (Wildman–Crippen LogP) is 2.53. The van der Waals surface area contributed by atoms with Gasteiger partial charge in [-0.15, -0.1) is 0 Å². The average molecular weight is 318 g/mol. The normalized spacial score (nSPS) is 11.9. The van der Waals surface area contributed by atoms with Gasteiger partial charge in [-0.05, 0) is 30.7 Å². The molecular weight excluding hydrogens is 302 g/mol. The maximum Gasteiger partial charge on any atom is 0.244 e. The number of benzene rings is 1. The highest BCUT2D eigenvalue weighted by molar-refractivity contribution is 6.31. The lowest BCUT2D eigenvalue weighted by molar-refractivity contribution is -0.131. The standard InChI is InChI=1S/C16H16ClN3O2/c1-19-16(22)13(10-18)15(21)3-2-7-20-8-6-11-9-12(17)4-5-14(11)20/h4-6,8-9,13H,2-3,7H2,1H3,(H,19,22)/t13-/m0/s1. The zero-order valence-corrected chi connectivity index (χ0v) is 12.9. The minimum atomic E-state index is -1.22. The fourth-order valence-electron chi connectivity index (χ4n) is 2.36. The monoisotopic (exact) mass is 317 g/mol. The molecule has 0 spiro atoms. The first-order valence-electron chi connectivity index (χ1n) is 6.95. The second-order valence-electron chi connectivity index (χ2n) is 4.96. The summed E-state index contributed by atoms with van der Waals surface area (Å²) in [6, 6.07) is 9.35. The minimum Gasteiger partial charge on any atom is -0.358 e. The van der Waals surface area contributed by atoms with Crippen molar-refractivity contribution in [3.05, 3.63) is 35.5 Å². The van der Waals surface area contributed by atoms with E-state index in [-0.39, 0.29) is 12.2 Å². The number of fused-ring (bicyclic) bond motifs is 1. The third kappa shape index (κ3) is 3.46. The highest BCUT2D eigenvalue weighted by Gasteiger charge is 2.24. The van der Waals surface area contributed by atoms with Gasteiger partial charge >= 0.3 is 0 Å². The lowest BCUT2D eigenvalue weighted by atomic mass is 10.0. The minimum absolute atomic E-state index is 0.193. The summed E-state index contributed by atoms with van der Waals surface area (Å²) in [5.41, 5.74) is 1.04. The van der Waals surface area contributed by atoms with Crippen molar-refractivity contribution in [3.8, 4) is 6.07 Å². The first-order valence-corrected chi connectivity index (χ1v) is 7.33. The second kappa shape index (κ2) is 7.10. The number of nitrogens with one attached hydrogen (secondary N) is 1. The summed E-state index contributed by atoms with van der Waals surface area (Å²) < 4.78 is 2.03. The van der Waals surface area contributed by atoms with Crippen LogP contribution in [-0.4, -0.2) is 23.3 Å². The molecule has 1 aromatic heterocycles. The van der Waals surface area contributed by atoms with Crippen molar-refractivity contribution < 1.29 is 9.59 Å². The van der Waals surface area contributed by atoms with Crippen LogP contribution >= 0.6 is 11.6 Å². The van der Waals surface area contributed by atoms with Crippen LogP contribution in [0, 0.1) is 17.2 Å². The van der Waals surface area contributed by atoms with E-state index in [1.54, 1.807) is 6.07 Å². The van der Waals surface area contributed by atoms with Gasteiger partial charge in [0.25, 0.3) is 0 Å². The molecule has 0 aliphatic carbocycles. The van der Waals surface area contributed by atoms with Crippen LogP contribution in [0.25, 0.3) is 10.9 Å². The van der Waals surface area contributed by atoms with Crippen molar-refractivity contribution in [3.63, 3.8) is 0 Å². The molecule has 22 heavy (non-hydrogen) atoms. The number of Topliss-reactive ketones (excluding diaryl/α,β-unsaturated/α-hetero) is 1. The summed E-state index contributed by atoms with van der Waals surface area (Å²) in [6.45, 7) is 0.642. The van der Waals surface area contributed by atoms with Crippen LogP contribution in [-0.2, 0) is 16.1 Å². The van der Waals surface area contributed by atoms with Gasteiger partial charge in [-0.1, -0.05) is 11.6 Å². The van der Waals surface area contributed by atoms with Gasteiger partial charge < -0.3 is 9.88 Å². The average Bonchev–Trinajstić information content (AvgIpc) is 2.90. The summed E-state index contributed by atoms with van der Waals surface area (Å²) in [5, 5.41) is 13.0. The third-order valence-corrected chi connectivity index (χ3v) is 3.75. The van der Waals surface area contributed by atoms with Crippen LogP contribution in [0.4, 0.5) is 0 Å². The summed E-state index contributed by atoms with van der Waals surface area (Å²) >= 11 is 5.95. The fraction of sp³-hybridized carbons (Fsp3) is 0.312. The van der Waals surface area contributed by atoms with E-state index in [1.165, 1.54) is 7.05 Å². The Morgan fingerprint density at radius 2 is 2.18 bits per heavy atom. The van der Waals surface area contributed by atoms with E-state index in [2.05, 4.69) is 5.32 Å². The maximum absolute atomic E-state index is 11.9. The molecule has 1 amide bonds. The van der Waals surface area contributed by atoms with Crippen LogP contribution < -0.4 is 5.32 Å². The summed E-state index contributed by atoms with van der Waals surface area (Å²) in [4.78, 5) is 23.3. The van der Waals surface area contributed by atoms with Crippen molar-refractivity contribution in [1.29, 1.82) is 5.26 Å². The van der Waals surface area contributed by atoms with Crippen molar-refractivity contribution in [2.24, 2.45) is 5.92 Å². The molecule has 0 aliphatic rings. The van der Waals surface area contributed by atoms with Crippen LogP contribution in [0.3, 0.4) is 0 Å². The Morgan fingerprint density at radius 3 is 2.86 bits per heavy atom. The Bertz CT molecular complexity index is 745. The van der Waals surface area contributed by atoms with Gasteiger partial charge in [0.15, 0.2) is 11.7 Å². The zero-order chi connectivity index (χ0) is 16.1. The van der Waals surface area contributed by atoms with E-state index < -0.39 is 11.8 Å². The molecule has 0 radical (unpaired) electrons. The van der Waals surface area contributed by atoms with Crippen molar-refractivity contribution >= 4 is 34.2 Å². The Morgan fingerprint density at radius 1 is 1.41 bits per heavy atom. The number of amides is 1. The molecule has 2 rings (SSSR count). The molecule has 1 aromatic carbocycles. The number of nitrogens with zero attached hydrogens (tertiary/aromatic N) is 2. The number of hydrogen-bond donors (Lipinski definition) is 1. The van der Waals surface area contributed by atoms with Crippen molar-refractivity contribution in [2.75, 3.05) is 7.05 Å². The molecule has 2 aromatic rings. The Kier molecular flexibility index (Phi) is 5.18. The largest absolute Gasteiger partial charge is 0.358 e. The molecule has 0 aliphatic heterocycles. The van der Waals surface area contributed by atoms with Gasteiger partial charge in [0.2, 0.25) is 5.91 Å². The number of halogens is 1. The van der Waals surface area contributed by atoms with Gasteiger partial charge in [-0.3, -0.25) is 9.59 Å². The lowest BCUT2D eigenvalue weighted by Crippen LogP contribution is -2.32. The molecule has 114 valence electrons. The summed E-state index contributed by atoms with van der Waals surface area (Å²) in [6.07, 6.45) is 2.70. The van der Waals surface area contributed by atoms with Crippen LogP contribution in [0.15, 0.2) is 30.5 Å². The molecule has 0 saturated heterocycles. The van der Waals surface area contributed by atoms with Crippen molar-refractivity contribution in [1.82, 2.24) is 9.88 Å². The van der Waals surface area contributed by atoms with Gasteiger partial charge in [0, 0.05) is 42.1 Å². The molecular formula is C16H16ClN3O2. The smallest absolute Gasteiger partial charge is 0.244 e. The number of rotatable bonds is 6. The Hall–Kier alpha value is -2.32. The quantitative estimate of drug-likeness (QED) is 0.832. The molecule has 0 unspecified atom stereocenters. The predicted molar refractivity (Wildman–Crippen MR) is 84.4 cm³/mol. The second-order valence-corrected chi connectivity index (χ2v) is 5.39. The molecule has 5 nitrogen and oxygen atoms in total. The first kappa shape index (κ1) is 16.1. The van der Waals surface area contributed by atoms with Crippen molar-refractivity contribution in [2.45, 2.75) is 19.4 Å². The van der Waals surface area contributed by atoms with E-state index in [0.29, 0.717) is 18.0 Å². The van der Waals surface area contributed by atoms with Gasteiger partial charge in [-0.25, -0.2) is 0 Å². The molecule has 0 saturated carbocycles. The molecule has 0 bridgehead atoms. The number of hydrogen-bond acceptors (Lipinski definition) is 3. The fourth-order valence-corrected chi connectivity index (χ4v) is 2.54. The molecule has 6 heteroatoms. The Labute approximate surface area is 133 Å². The van der Waals surface area contributed by atoms with Crippen LogP contribution in [0.1, 0.15) is 12.8 Å². The zero-order valence-electron chi connectivity index (χ0n) is 12.2. The molecule has 1 heterocycles. The Balaban J connectivity index is 1.97. The van der Waals surface area contributed by atoms with Crippen LogP contribution in [0.2, 0.25) is 5.02 Å². The third-order valence-electron chi connectivity index (χ3n) is 3.51. The summed E-state index contributed by atoms with van der Waals surface area (Å²) in [5.74, 6) is -2.11. The number of carbonyl (C=O) groups excluding carboxylic acids is 2. The van der Waals surface area contributed by atoms with Crippen LogP contribution in [0.5, 0.6) is 0 Å². The number of ketones is 1. The highest BCUT2D eigenvalue weighted by atomic mass is 35.5. The molecule has 0 fully saturated rings. The van der Waals surface area contributed by atoms with E-state index in [0.717, 1.165) is 10.9 Å². The maximum atomic E-state index is 11.9. The topological polar surface area (TPSA) is 74.9 Å². The first-order chi connectivity index (χ1) is 10.6. The van der Waals surface area contributed by atoms with E-state index >= 15 is 0 Å². The number of carbonyl (C=O) groups is 2. The number of aromatic nitrogens is 1.